The first-order valence-corrected chi connectivity index (χ1v) is 7.64. The summed E-state index contributed by atoms with van der Waals surface area (Å²) in [7, 11) is 1.58. The van der Waals surface area contributed by atoms with E-state index in [0.717, 1.165) is 5.56 Å². The molecule has 1 amide bonds. The van der Waals surface area contributed by atoms with E-state index in [1.165, 1.54) is 0 Å². The molecule has 0 saturated carbocycles. The Bertz CT molecular complexity index is 739. The molecule has 0 fully saturated rings. The molecule has 0 aliphatic carbocycles. The Labute approximate surface area is 140 Å². The number of hydrogen-bond acceptors (Lipinski definition) is 5. The van der Waals surface area contributed by atoms with E-state index in [4.69, 9.17) is 9.47 Å². The van der Waals surface area contributed by atoms with Gasteiger partial charge in [0.25, 0.3) is 0 Å². The Balaban J connectivity index is 2.13. The monoisotopic (exact) mass is 331 g/mol. The van der Waals surface area contributed by atoms with Gasteiger partial charge in [0.2, 0.25) is 5.91 Å². The lowest BCUT2D eigenvalue weighted by atomic mass is 10.00. The van der Waals surface area contributed by atoms with Crippen molar-refractivity contribution in [1.29, 1.82) is 0 Å². The fourth-order valence-corrected chi connectivity index (χ4v) is 2.21. The van der Waals surface area contributed by atoms with Crippen molar-refractivity contribution in [3.8, 4) is 5.75 Å². The second kappa shape index (κ2) is 7.63. The highest BCUT2D eigenvalue weighted by atomic mass is 16.5. The SMILES string of the molecule is CCOC(=O)c1[nH]nc(NC(=O)C(C)c2cccc(OC)c2)c1C. The van der Waals surface area contributed by atoms with Crippen molar-refractivity contribution >= 4 is 17.7 Å². The molecule has 0 spiro atoms. The van der Waals surface area contributed by atoms with E-state index >= 15 is 0 Å². The molecule has 24 heavy (non-hydrogen) atoms. The van der Waals surface area contributed by atoms with Crippen LogP contribution in [-0.4, -0.2) is 35.8 Å². The molecule has 0 aliphatic heterocycles. The van der Waals surface area contributed by atoms with Crippen LogP contribution in [-0.2, 0) is 9.53 Å². The summed E-state index contributed by atoms with van der Waals surface area (Å²) in [5.41, 5.74) is 1.60. The molecule has 0 saturated heterocycles. The number of hydrogen-bond donors (Lipinski definition) is 2. The number of nitrogens with zero attached hydrogens (tertiary/aromatic N) is 1. The molecule has 1 aromatic heterocycles. The second-order valence-corrected chi connectivity index (χ2v) is 5.28. The number of benzene rings is 1. The molecular formula is C17H21N3O4. The number of amides is 1. The van der Waals surface area contributed by atoms with Crippen LogP contribution in [0.5, 0.6) is 5.75 Å². The summed E-state index contributed by atoms with van der Waals surface area (Å²) in [5.74, 6) is -0.121. The standard InChI is InChI=1S/C17H21N3O4/c1-5-24-17(22)14-11(3)15(20-19-14)18-16(21)10(2)12-7-6-8-13(9-12)23-4/h6-10H,5H2,1-4H3,(H2,18,19,20,21). The third kappa shape index (κ3) is 3.73. The Morgan fingerprint density at radius 1 is 1.38 bits per heavy atom. The van der Waals surface area contributed by atoms with Crippen LogP contribution in [0.1, 0.15) is 41.4 Å². The number of carbonyl (C=O) groups is 2. The molecule has 7 nitrogen and oxygen atoms in total. The van der Waals surface area contributed by atoms with Gasteiger partial charge >= 0.3 is 5.97 Å². The Hall–Kier alpha value is -2.83. The number of H-pyrrole nitrogens is 1. The predicted octanol–water partition coefficient (Wildman–Crippen LogP) is 2.65. The van der Waals surface area contributed by atoms with Crippen LogP contribution < -0.4 is 10.1 Å². The number of aromatic nitrogens is 2. The summed E-state index contributed by atoms with van der Waals surface area (Å²) in [6.07, 6.45) is 0. The van der Waals surface area contributed by atoms with Crippen LogP contribution in [0.15, 0.2) is 24.3 Å². The Morgan fingerprint density at radius 3 is 2.79 bits per heavy atom. The van der Waals surface area contributed by atoms with Gasteiger partial charge in [0.1, 0.15) is 11.4 Å². The van der Waals surface area contributed by atoms with Crippen LogP contribution in [0.3, 0.4) is 0 Å². The number of carbonyl (C=O) groups excluding carboxylic acids is 2. The van der Waals surface area contributed by atoms with Gasteiger partial charge in [-0.1, -0.05) is 12.1 Å². The third-order valence-electron chi connectivity index (χ3n) is 3.72. The Morgan fingerprint density at radius 2 is 2.12 bits per heavy atom. The number of aromatic amines is 1. The fourth-order valence-electron chi connectivity index (χ4n) is 2.21. The minimum atomic E-state index is -0.496. The van der Waals surface area contributed by atoms with E-state index in [2.05, 4.69) is 15.5 Å². The lowest BCUT2D eigenvalue weighted by Gasteiger charge is -2.12. The largest absolute Gasteiger partial charge is 0.497 e. The van der Waals surface area contributed by atoms with Crippen molar-refractivity contribution in [3.05, 3.63) is 41.1 Å². The zero-order valence-electron chi connectivity index (χ0n) is 14.2. The fraction of sp³-hybridized carbons (Fsp3) is 0.353. The number of esters is 1. The van der Waals surface area contributed by atoms with Crippen molar-refractivity contribution in [2.75, 3.05) is 19.0 Å². The van der Waals surface area contributed by atoms with E-state index in [9.17, 15) is 9.59 Å². The summed E-state index contributed by atoms with van der Waals surface area (Å²) in [6, 6.07) is 7.31. The van der Waals surface area contributed by atoms with Gasteiger partial charge in [0.15, 0.2) is 5.82 Å². The number of nitrogens with one attached hydrogen (secondary N) is 2. The van der Waals surface area contributed by atoms with Gasteiger partial charge in [-0.15, -0.1) is 0 Å². The van der Waals surface area contributed by atoms with Gasteiger partial charge in [-0.3, -0.25) is 9.89 Å². The summed E-state index contributed by atoms with van der Waals surface area (Å²) in [5, 5.41) is 9.32. The highest BCUT2D eigenvalue weighted by molar-refractivity contribution is 5.97. The van der Waals surface area contributed by atoms with Crippen molar-refractivity contribution < 1.29 is 19.1 Å². The van der Waals surface area contributed by atoms with E-state index in [1.54, 1.807) is 27.9 Å². The maximum atomic E-state index is 12.4. The first-order valence-electron chi connectivity index (χ1n) is 7.64. The minimum absolute atomic E-state index is 0.228. The smallest absolute Gasteiger partial charge is 0.356 e. The molecule has 1 atom stereocenters. The summed E-state index contributed by atoms with van der Waals surface area (Å²) in [6.45, 7) is 5.48. The lowest BCUT2D eigenvalue weighted by Crippen LogP contribution is -2.19. The average molecular weight is 331 g/mol. The van der Waals surface area contributed by atoms with Crippen molar-refractivity contribution in [2.45, 2.75) is 26.7 Å². The number of rotatable bonds is 6. The topological polar surface area (TPSA) is 93.3 Å². The van der Waals surface area contributed by atoms with E-state index < -0.39 is 11.9 Å². The molecule has 0 bridgehead atoms. The van der Waals surface area contributed by atoms with Gasteiger partial charge in [-0.25, -0.2) is 4.79 Å². The molecule has 1 aromatic carbocycles. The Kier molecular flexibility index (Phi) is 5.57. The highest BCUT2D eigenvalue weighted by Crippen LogP contribution is 2.23. The normalized spacial score (nSPS) is 11.7. The lowest BCUT2D eigenvalue weighted by molar-refractivity contribution is -0.117. The first-order chi connectivity index (χ1) is 11.5. The van der Waals surface area contributed by atoms with Gasteiger partial charge < -0.3 is 14.8 Å². The van der Waals surface area contributed by atoms with Gasteiger partial charge in [-0.2, -0.15) is 5.10 Å². The van der Waals surface area contributed by atoms with Crippen molar-refractivity contribution in [3.63, 3.8) is 0 Å². The first kappa shape index (κ1) is 17.5. The maximum absolute atomic E-state index is 12.4. The van der Waals surface area contributed by atoms with Crippen molar-refractivity contribution in [1.82, 2.24) is 10.2 Å². The van der Waals surface area contributed by atoms with E-state index in [1.807, 2.05) is 24.3 Å². The molecule has 1 heterocycles. The highest BCUT2D eigenvalue weighted by Gasteiger charge is 2.21. The van der Waals surface area contributed by atoms with Crippen LogP contribution in [0, 0.1) is 6.92 Å². The van der Waals surface area contributed by atoms with Crippen LogP contribution in [0.4, 0.5) is 5.82 Å². The number of ether oxygens (including phenoxy) is 2. The second-order valence-electron chi connectivity index (χ2n) is 5.28. The third-order valence-corrected chi connectivity index (χ3v) is 3.72. The van der Waals surface area contributed by atoms with Crippen LogP contribution >= 0.6 is 0 Å². The quantitative estimate of drug-likeness (QED) is 0.794. The molecule has 2 aromatic rings. The molecule has 0 radical (unpaired) electrons. The molecule has 0 aliphatic rings. The number of methoxy groups -OCH3 is 1. The zero-order chi connectivity index (χ0) is 17.7. The summed E-state index contributed by atoms with van der Waals surface area (Å²) >= 11 is 0. The molecule has 2 rings (SSSR count). The zero-order valence-corrected chi connectivity index (χ0v) is 14.2. The van der Waals surface area contributed by atoms with Gasteiger partial charge in [0.05, 0.1) is 19.6 Å². The van der Waals surface area contributed by atoms with Crippen LogP contribution in [0.25, 0.3) is 0 Å². The molecule has 2 N–H and O–H groups in total. The van der Waals surface area contributed by atoms with E-state index in [0.29, 0.717) is 17.1 Å². The summed E-state index contributed by atoms with van der Waals surface area (Å²) < 4.78 is 10.1. The van der Waals surface area contributed by atoms with E-state index in [-0.39, 0.29) is 18.2 Å². The summed E-state index contributed by atoms with van der Waals surface area (Å²) in [4.78, 5) is 24.2. The van der Waals surface area contributed by atoms with Crippen molar-refractivity contribution in [2.24, 2.45) is 0 Å². The average Bonchev–Trinajstić information content (AvgIpc) is 2.95. The molecule has 1 unspecified atom stereocenters. The maximum Gasteiger partial charge on any atom is 0.356 e. The van der Waals surface area contributed by atoms with Crippen LogP contribution in [0.2, 0.25) is 0 Å². The molecule has 128 valence electrons. The number of anilines is 1. The molecule has 7 heteroatoms. The van der Waals surface area contributed by atoms with Gasteiger partial charge in [-0.05, 0) is 38.5 Å². The minimum Gasteiger partial charge on any atom is -0.497 e. The predicted molar refractivity (Wildman–Crippen MR) is 89.3 cm³/mol. The van der Waals surface area contributed by atoms with Gasteiger partial charge in [0, 0.05) is 5.56 Å². The molecular weight excluding hydrogens is 310 g/mol.